The van der Waals surface area contributed by atoms with Crippen molar-refractivity contribution in [1.29, 1.82) is 0 Å². The first-order valence-electron chi connectivity index (χ1n) is 14.5. The lowest BCUT2D eigenvalue weighted by Gasteiger charge is -2.06. The third kappa shape index (κ3) is 7.46. The fourth-order valence-electron chi connectivity index (χ4n) is 5.12. The van der Waals surface area contributed by atoms with Crippen molar-refractivity contribution in [1.82, 2.24) is 0 Å². The van der Waals surface area contributed by atoms with Crippen LogP contribution in [0.4, 0.5) is 26.3 Å². The Kier molecular flexibility index (Phi) is 8.37. The van der Waals surface area contributed by atoms with Crippen LogP contribution in [0.1, 0.15) is 44.5 Å². The quantitative estimate of drug-likeness (QED) is 0.128. The van der Waals surface area contributed by atoms with Crippen LogP contribution in [0.3, 0.4) is 0 Å². The molecule has 46 heavy (non-hydrogen) atoms. The second-order valence-electron chi connectivity index (χ2n) is 11.0. The van der Waals surface area contributed by atoms with Crippen LogP contribution in [0.15, 0.2) is 121 Å². The van der Waals surface area contributed by atoms with Gasteiger partial charge in [0.15, 0.2) is 0 Å². The van der Waals surface area contributed by atoms with Crippen molar-refractivity contribution in [2.24, 2.45) is 0 Å². The molecule has 228 valence electrons. The Morgan fingerprint density at radius 3 is 0.739 bits per heavy atom. The highest BCUT2D eigenvalue weighted by molar-refractivity contribution is 5.91. The number of hydrogen-bond donors (Lipinski definition) is 0. The van der Waals surface area contributed by atoms with Gasteiger partial charge in [0, 0.05) is 0 Å². The van der Waals surface area contributed by atoms with Gasteiger partial charge in [0.2, 0.25) is 0 Å². The smallest absolute Gasteiger partial charge is 0.166 e. The van der Waals surface area contributed by atoms with Crippen molar-refractivity contribution in [2.75, 3.05) is 0 Å². The summed E-state index contributed by atoms with van der Waals surface area (Å²) in [5, 5.41) is 4.26. The lowest BCUT2D eigenvalue weighted by Crippen LogP contribution is -2.03. The van der Waals surface area contributed by atoms with Gasteiger partial charge in [0.1, 0.15) is 0 Å². The van der Waals surface area contributed by atoms with Gasteiger partial charge < -0.3 is 0 Å². The first-order valence-corrected chi connectivity index (χ1v) is 14.5. The van der Waals surface area contributed by atoms with Gasteiger partial charge in [-0.2, -0.15) is 26.3 Å². The van der Waals surface area contributed by atoms with Crippen molar-refractivity contribution < 1.29 is 26.3 Å². The third-order valence-corrected chi connectivity index (χ3v) is 7.66. The van der Waals surface area contributed by atoms with Gasteiger partial charge in [-0.1, -0.05) is 109 Å². The summed E-state index contributed by atoms with van der Waals surface area (Å²) >= 11 is 0. The molecule has 0 radical (unpaired) electrons. The average molecular weight is 621 g/mol. The van der Waals surface area contributed by atoms with Crippen LogP contribution in [-0.4, -0.2) is 0 Å². The predicted octanol–water partition coefficient (Wildman–Crippen LogP) is 12.5. The Morgan fingerprint density at radius 2 is 0.500 bits per heavy atom. The molecule has 0 N–H and O–H groups in total. The molecule has 0 aromatic heterocycles. The van der Waals surface area contributed by atoms with Gasteiger partial charge in [0.05, 0.1) is 11.1 Å². The molecule has 0 saturated carbocycles. The zero-order valence-electron chi connectivity index (χ0n) is 24.3. The minimum absolute atomic E-state index is 0.665. The molecule has 0 spiro atoms. The fraction of sp³-hybridized carbons (Fsp3) is 0.0500. The molecule has 0 aliphatic carbocycles. The van der Waals surface area contributed by atoms with E-state index in [4.69, 9.17) is 0 Å². The fourth-order valence-corrected chi connectivity index (χ4v) is 5.12. The summed E-state index contributed by atoms with van der Waals surface area (Å²) in [6.45, 7) is 0. The second-order valence-corrected chi connectivity index (χ2v) is 11.0. The van der Waals surface area contributed by atoms with Crippen LogP contribution < -0.4 is 0 Å². The summed E-state index contributed by atoms with van der Waals surface area (Å²) in [5.74, 6) is 0. The molecule has 6 aromatic rings. The number of rotatable bonds is 6. The molecule has 0 amide bonds. The first-order chi connectivity index (χ1) is 22.0. The Balaban J connectivity index is 1.12. The van der Waals surface area contributed by atoms with Gasteiger partial charge in [0.25, 0.3) is 0 Å². The highest BCUT2D eigenvalue weighted by Gasteiger charge is 2.30. The summed E-state index contributed by atoms with van der Waals surface area (Å²) in [4.78, 5) is 0. The average Bonchev–Trinajstić information content (AvgIpc) is 3.04. The van der Waals surface area contributed by atoms with Crippen molar-refractivity contribution in [2.45, 2.75) is 12.4 Å². The van der Waals surface area contributed by atoms with Gasteiger partial charge in [-0.25, -0.2) is 0 Å². The molecule has 0 nitrogen and oxygen atoms in total. The second kappa shape index (κ2) is 12.6. The number of hydrogen-bond acceptors (Lipinski definition) is 0. The monoisotopic (exact) mass is 620 g/mol. The predicted molar refractivity (Wildman–Crippen MR) is 178 cm³/mol. The minimum Gasteiger partial charge on any atom is -0.166 e. The lowest BCUT2D eigenvalue weighted by atomic mass is 10.0. The maximum Gasteiger partial charge on any atom is 0.416 e. The van der Waals surface area contributed by atoms with Crippen LogP contribution in [0, 0.1) is 0 Å². The summed E-state index contributed by atoms with van der Waals surface area (Å²) < 4.78 is 76.8. The van der Waals surface area contributed by atoms with Crippen molar-refractivity contribution in [3.05, 3.63) is 166 Å². The highest BCUT2D eigenvalue weighted by Crippen LogP contribution is 2.31. The largest absolute Gasteiger partial charge is 0.416 e. The molecule has 6 rings (SSSR count). The summed E-state index contributed by atoms with van der Waals surface area (Å²) in [6.07, 6.45) is 2.77. The minimum atomic E-state index is -4.35. The molecule has 0 heterocycles. The van der Waals surface area contributed by atoms with E-state index in [1.807, 2.05) is 72.8 Å². The maximum atomic E-state index is 12.8. The molecule has 6 aromatic carbocycles. The number of benzene rings is 6. The Bertz CT molecular complexity index is 1940. The van der Waals surface area contributed by atoms with E-state index in [1.54, 1.807) is 12.2 Å². The molecular formula is C40H26F6. The standard InChI is InChI=1S/C40H26F6/c41-39(42,43)37-19-11-27(12-20-37)1-3-29-7-15-35-25-31(9-17-33(35)23-29)5-6-32-10-18-34-24-30(8-16-36(34)26-32)4-2-28-13-21-38(22-14-28)40(44,45)46/h1-26H. The number of fused-ring (bicyclic) bond motifs is 2. The maximum absolute atomic E-state index is 12.8. The van der Waals surface area contributed by atoms with Gasteiger partial charge in [-0.05, 0) is 103 Å². The molecule has 0 saturated heterocycles. The van der Waals surface area contributed by atoms with Crippen LogP contribution in [0.5, 0.6) is 0 Å². The number of halogens is 6. The zero-order valence-corrected chi connectivity index (χ0v) is 24.3. The van der Waals surface area contributed by atoms with Crippen molar-refractivity contribution in [3.8, 4) is 0 Å². The van der Waals surface area contributed by atoms with Crippen LogP contribution in [0.25, 0.3) is 58.0 Å². The van der Waals surface area contributed by atoms with E-state index < -0.39 is 23.5 Å². The van der Waals surface area contributed by atoms with E-state index in [-0.39, 0.29) is 0 Å². The lowest BCUT2D eigenvalue weighted by molar-refractivity contribution is -0.138. The van der Waals surface area contributed by atoms with E-state index in [2.05, 4.69) is 24.3 Å². The van der Waals surface area contributed by atoms with Crippen molar-refractivity contribution in [3.63, 3.8) is 0 Å². The molecule has 0 aliphatic heterocycles. The van der Waals surface area contributed by atoms with E-state index in [9.17, 15) is 26.3 Å². The van der Waals surface area contributed by atoms with E-state index >= 15 is 0 Å². The summed E-state index contributed by atoms with van der Waals surface area (Å²) in [6, 6.07) is 34.6. The van der Waals surface area contributed by atoms with Gasteiger partial charge in [-0.15, -0.1) is 0 Å². The highest BCUT2D eigenvalue weighted by atomic mass is 19.4. The van der Waals surface area contributed by atoms with Crippen molar-refractivity contribution >= 4 is 58.0 Å². The molecule has 0 atom stereocenters. The topological polar surface area (TPSA) is 0 Å². The molecule has 0 bridgehead atoms. The van der Waals surface area contributed by atoms with E-state index in [0.717, 1.165) is 68.1 Å². The molecule has 0 fully saturated rings. The van der Waals surface area contributed by atoms with Crippen LogP contribution in [-0.2, 0) is 12.4 Å². The molecular weight excluding hydrogens is 594 g/mol. The molecule has 6 heteroatoms. The molecule has 0 aliphatic rings. The van der Waals surface area contributed by atoms with E-state index in [0.29, 0.717) is 11.1 Å². The van der Waals surface area contributed by atoms with Crippen LogP contribution in [0.2, 0.25) is 0 Å². The third-order valence-electron chi connectivity index (χ3n) is 7.66. The summed E-state index contributed by atoms with van der Waals surface area (Å²) in [5.41, 5.74) is 4.04. The Hall–Kier alpha value is -5.36. The Morgan fingerprint density at radius 1 is 0.283 bits per heavy atom. The van der Waals surface area contributed by atoms with Gasteiger partial charge in [-0.3, -0.25) is 0 Å². The zero-order chi connectivity index (χ0) is 32.3. The molecule has 0 unspecified atom stereocenters. The number of alkyl halides is 6. The summed E-state index contributed by atoms with van der Waals surface area (Å²) in [7, 11) is 0. The normalized spacial score (nSPS) is 12.7. The van der Waals surface area contributed by atoms with Gasteiger partial charge >= 0.3 is 12.4 Å². The SMILES string of the molecule is FC(F)(F)c1ccc(C=Cc2ccc3cc(C=Cc4ccc5cc(C=Cc6ccc(C(F)(F)F)cc6)ccc5c4)ccc3c2)cc1. The Labute approximate surface area is 262 Å². The first kappa shape index (κ1) is 30.7. The van der Waals surface area contributed by atoms with E-state index in [1.165, 1.54) is 24.3 Å². The van der Waals surface area contributed by atoms with Crippen LogP contribution >= 0.6 is 0 Å².